The molecule has 2 aromatic rings. The van der Waals surface area contributed by atoms with Gasteiger partial charge in [0.2, 0.25) is 6.23 Å². The van der Waals surface area contributed by atoms with E-state index in [9.17, 15) is 18.9 Å². The molecule has 232 valence electrons. The van der Waals surface area contributed by atoms with Crippen molar-refractivity contribution >= 4 is 25.5 Å². The molecule has 1 aromatic heterocycles. The number of nitrogens with zero attached hydrogens (tertiary/aromatic N) is 3. The van der Waals surface area contributed by atoms with E-state index in [0.29, 0.717) is 4.57 Å². The van der Waals surface area contributed by atoms with Gasteiger partial charge in [-0.15, -0.1) is 0 Å². The average Bonchev–Trinajstić information content (AvgIpc) is 3.11. The average molecular weight is 618 g/mol. The van der Waals surface area contributed by atoms with Crippen LogP contribution in [0.1, 0.15) is 27.0 Å². The molecule has 1 aliphatic heterocycles. The topological polar surface area (TPSA) is 174 Å². The second-order valence-corrected chi connectivity index (χ2v) is 11.6. The van der Waals surface area contributed by atoms with Gasteiger partial charge >= 0.3 is 31.3 Å². The second kappa shape index (κ2) is 13.7. The van der Waals surface area contributed by atoms with Crippen molar-refractivity contribution in [1.29, 1.82) is 0 Å². The molecule has 17 heteroatoms. The van der Waals surface area contributed by atoms with E-state index >= 15 is 8.78 Å². The molecule has 1 aromatic carbocycles. The maximum Gasteiger partial charge on any atom is 0.459 e. The predicted molar refractivity (Wildman–Crippen MR) is 145 cm³/mol. The highest BCUT2D eigenvalue weighted by molar-refractivity contribution is 7.52. The zero-order valence-corrected chi connectivity index (χ0v) is 24.5. The largest absolute Gasteiger partial charge is 0.462 e. The van der Waals surface area contributed by atoms with Gasteiger partial charge in [-0.2, -0.15) is 18.9 Å². The number of aromatic nitrogens is 2. The summed E-state index contributed by atoms with van der Waals surface area (Å²) in [7, 11) is -1.44. The van der Waals surface area contributed by atoms with E-state index in [1.54, 1.807) is 32.0 Å². The van der Waals surface area contributed by atoms with Crippen LogP contribution in [0.15, 0.2) is 47.4 Å². The minimum atomic E-state index is -4.50. The first-order chi connectivity index (χ1) is 19.6. The molecule has 1 fully saturated rings. The van der Waals surface area contributed by atoms with Crippen LogP contribution < -0.4 is 21.0 Å². The molecule has 0 aliphatic carbocycles. The third kappa shape index (κ3) is 8.55. The minimum Gasteiger partial charge on any atom is -0.462 e. The van der Waals surface area contributed by atoms with Crippen molar-refractivity contribution in [3.63, 3.8) is 0 Å². The van der Waals surface area contributed by atoms with Crippen LogP contribution in [-0.2, 0) is 32.9 Å². The number of nitrogens with one attached hydrogen (secondary N) is 1. The number of halogens is 2. The quantitative estimate of drug-likeness (QED) is 0.247. The number of carbonyl (C=O) groups is 2. The summed E-state index contributed by atoms with van der Waals surface area (Å²) in [6.45, 7) is 3.36. The van der Waals surface area contributed by atoms with Crippen LogP contribution in [0.4, 0.5) is 14.6 Å². The molecular weight excluding hydrogens is 583 g/mol. The summed E-state index contributed by atoms with van der Waals surface area (Å²) in [5, 5.41) is 2.43. The number of benzene rings is 1. The van der Waals surface area contributed by atoms with Gasteiger partial charge in [-0.05, 0) is 53.1 Å². The van der Waals surface area contributed by atoms with Gasteiger partial charge < -0.3 is 24.5 Å². The molecule has 14 nitrogen and oxygen atoms in total. The summed E-state index contributed by atoms with van der Waals surface area (Å²) in [5.74, 6) is -5.92. The Morgan fingerprint density at radius 3 is 2.48 bits per heavy atom. The number of alkyl halides is 2. The van der Waals surface area contributed by atoms with Gasteiger partial charge in [0.05, 0.1) is 19.3 Å². The lowest BCUT2D eigenvalue weighted by Gasteiger charge is -2.26. The lowest BCUT2D eigenvalue weighted by Crippen LogP contribution is -2.46. The van der Waals surface area contributed by atoms with Crippen LogP contribution in [0.5, 0.6) is 5.75 Å². The Bertz CT molecular complexity index is 1350. The number of para-hydroxylation sites is 1. The molecule has 0 saturated carbocycles. The summed E-state index contributed by atoms with van der Waals surface area (Å²) in [6, 6.07) is 7.65. The summed E-state index contributed by atoms with van der Waals surface area (Å²) in [4.78, 5) is 42.0. The van der Waals surface area contributed by atoms with Crippen molar-refractivity contribution in [2.24, 2.45) is 0 Å². The number of esters is 2. The molecular formula is C25H34F2N5O9P. The van der Waals surface area contributed by atoms with Crippen molar-refractivity contribution in [3.05, 3.63) is 53.1 Å². The first-order valence-electron chi connectivity index (χ1n) is 12.8. The molecule has 3 rings (SSSR count). The van der Waals surface area contributed by atoms with Gasteiger partial charge in [-0.3, -0.25) is 23.6 Å². The van der Waals surface area contributed by atoms with Crippen LogP contribution >= 0.6 is 7.75 Å². The van der Waals surface area contributed by atoms with Crippen LogP contribution in [0, 0.1) is 0 Å². The van der Waals surface area contributed by atoms with E-state index in [0.717, 1.165) is 12.3 Å². The number of hydrogen-bond acceptors (Lipinski definition) is 12. The predicted octanol–water partition coefficient (Wildman–Crippen LogP) is 1.97. The van der Waals surface area contributed by atoms with E-state index in [4.69, 9.17) is 29.0 Å². The maximum atomic E-state index is 15.7. The van der Waals surface area contributed by atoms with Crippen LogP contribution in [-0.4, -0.2) is 83.9 Å². The van der Waals surface area contributed by atoms with Crippen molar-refractivity contribution < 1.29 is 46.2 Å². The Morgan fingerprint density at radius 1 is 1.21 bits per heavy atom. The van der Waals surface area contributed by atoms with Crippen molar-refractivity contribution in [2.45, 2.75) is 57.3 Å². The number of ether oxygens (including phenoxy) is 3. The first-order valence-corrected chi connectivity index (χ1v) is 14.3. The highest BCUT2D eigenvalue weighted by Crippen LogP contribution is 2.48. The highest BCUT2D eigenvalue weighted by Gasteiger charge is 2.63. The summed E-state index contributed by atoms with van der Waals surface area (Å²) >= 11 is 0. The number of nitrogens with two attached hydrogens (primary N) is 1. The number of anilines is 1. The smallest absolute Gasteiger partial charge is 0.459 e. The SMILES string of the molecule is CC(C)OC(=O)[C@H](C)NP(=O)(OC[C@H]1O[C@@H](n2ccc(N)nc2=O)C(F)(F)[C@@H]1OC(=O)CN(C)C)Oc1ccccc1. The molecule has 42 heavy (non-hydrogen) atoms. The molecule has 0 amide bonds. The zero-order chi connectivity index (χ0) is 31.2. The third-order valence-electron chi connectivity index (χ3n) is 5.59. The van der Waals surface area contributed by atoms with Gasteiger partial charge in [0.1, 0.15) is 23.7 Å². The van der Waals surface area contributed by atoms with Crippen LogP contribution in [0.3, 0.4) is 0 Å². The van der Waals surface area contributed by atoms with Gasteiger partial charge in [-0.25, -0.2) is 9.36 Å². The number of likely N-dealkylation sites (N-methyl/N-ethyl adjacent to an activating group) is 1. The van der Waals surface area contributed by atoms with Crippen LogP contribution in [0.25, 0.3) is 0 Å². The van der Waals surface area contributed by atoms with E-state index in [1.165, 1.54) is 38.1 Å². The summed E-state index contributed by atoms with van der Waals surface area (Å²) in [5.41, 5.74) is 4.33. The number of hydrogen-bond donors (Lipinski definition) is 2. The van der Waals surface area contributed by atoms with Gasteiger partial charge in [0.25, 0.3) is 0 Å². The van der Waals surface area contributed by atoms with Crippen LogP contribution in [0.2, 0.25) is 0 Å². The lowest BCUT2D eigenvalue weighted by atomic mass is 10.1. The van der Waals surface area contributed by atoms with Crippen molar-refractivity contribution in [1.82, 2.24) is 19.5 Å². The monoisotopic (exact) mass is 617 g/mol. The fourth-order valence-electron chi connectivity index (χ4n) is 3.80. The molecule has 1 aliphatic rings. The number of rotatable bonds is 13. The Hall–Kier alpha value is -3.43. The second-order valence-electron chi connectivity index (χ2n) is 9.93. The molecule has 3 N–H and O–H groups in total. The minimum absolute atomic E-state index is 0.0711. The normalized spacial score (nSPS) is 22.0. The summed E-state index contributed by atoms with van der Waals surface area (Å²) in [6.07, 6.45) is -5.85. The zero-order valence-electron chi connectivity index (χ0n) is 23.6. The van der Waals surface area contributed by atoms with Crippen molar-refractivity contribution in [3.8, 4) is 5.75 Å². The van der Waals surface area contributed by atoms with Gasteiger partial charge in [-0.1, -0.05) is 18.2 Å². The van der Waals surface area contributed by atoms with Gasteiger partial charge in [0.15, 0.2) is 6.10 Å². The Labute approximate surface area is 240 Å². The Morgan fingerprint density at radius 2 is 1.88 bits per heavy atom. The highest BCUT2D eigenvalue weighted by atomic mass is 31.2. The fraction of sp³-hybridized carbons (Fsp3) is 0.520. The van der Waals surface area contributed by atoms with E-state index in [-0.39, 0.29) is 18.1 Å². The molecule has 0 bridgehead atoms. The van der Waals surface area contributed by atoms with Crippen molar-refractivity contribution in [2.75, 3.05) is 33.0 Å². The molecule has 0 spiro atoms. The number of carbonyl (C=O) groups excluding carboxylic acids is 2. The number of nitrogen functional groups attached to an aromatic ring is 1. The summed E-state index contributed by atoms with van der Waals surface area (Å²) < 4.78 is 72.5. The van der Waals surface area contributed by atoms with E-state index in [1.807, 2.05) is 0 Å². The molecule has 2 heterocycles. The lowest BCUT2D eigenvalue weighted by molar-refractivity contribution is -0.177. The Balaban J connectivity index is 1.91. The van der Waals surface area contributed by atoms with E-state index < -0.39 is 68.5 Å². The third-order valence-corrected chi connectivity index (χ3v) is 7.24. The van der Waals surface area contributed by atoms with Gasteiger partial charge in [0, 0.05) is 6.20 Å². The Kier molecular flexibility index (Phi) is 10.8. The molecule has 0 radical (unpaired) electrons. The maximum absolute atomic E-state index is 15.7. The molecule has 5 atom stereocenters. The standard InChI is InChI=1S/C25H34F2N5O9P/c1-15(2)38-22(34)16(3)30-42(36,41-17-9-7-6-8-10-17)37-14-18-21(40-20(33)13-31(4)5)25(26,27)23(39-18)32-12-11-19(28)29-24(32)35/h6-12,15-16,18,21,23H,13-14H2,1-5H3,(H,30,36)(H2,28,29,35)/t16-,18+,21+,23+,42?/m0/s1. The molecule has 1 unspecified atom stereocenters. The first kappa shape index (κ1) is 33.1. The molecule has 1 saturated heterocycles. The van der Waals surface area contributed by atoms with E-state index in [2.05, 4.69) is 10.1 Å². The fourth-order valence-corrected chi connectivity index (χ4v) is 5.30.